The number of aromatic nitrogens is 1. The molecule has 1 aromatic heterocycles. The van der Waals surface area contributed by atoms with Crippen LogP contribution in [0.1, 0.15) is 18.5 Å². The summed E-state index contributed by atoms with van der Waals surface area (Å²) in [6.45, 7) is 4.34. The molecule has 0 aliphatic carbocycles. The minimum Gasteiger partial charge on any atom is -0.313 e. The molecule has 2 unspecified atom stereocenters. The van der Waals surface area contributed by atoms with Gasteiger partial charge in [-0.05, 0) is 25.6 Å². The summed E-state index contributed by atoms with van der Waals surface area (Å²) in [6, 6.07) is 5.21. The molecular weight excluding hydrogens is 174 g/mol. The Kier molecular flexibility index (Phi) is 2.79. The van der Waals surface area contributed by atoms with Crippen molar-refractivity contribution in [2.24, 2.45) is 0 Å². The molecule has 2 rings (SSSR count). The predicted octanol–water partition coefficient (Wildman–Crippen LogP) is 1.05. The van der Waals surface area contributed by atoms with Crippen LogP contribution in [0.15, 0.2) is 24.5 Å². The Morgan fingerprint density at radius 1 is 1.50 bits per heavy atom. The van der Waals surface area contributed by atoms with Crippen molar-refractivity contribution < 1.29 is 0 Å². The number of likely N-dealkylation sites (N-methyl/N-ethyl adjacent to an activating group) is 1. The lowest BCUT2D eigenvalue weighted by Gasteiger charge is -2.38. The van der Waals surface area contributed by atoms with Crippen LogP contribution >= 0.6 is 0 Å². The number of hydrogen-bond donors (Lipinski definition) is 1. The minimum absolute atomic E-state index is 0.465. The van der Waals surface area contributed by atoms with Crippen molar-refractivity contribution in [3.63, 3.8) is 0 Å². The first-order chi connectivity index (χ1) is 6.79. The Morgan fingerprint density at radius 2 is 2.36 bits per heavy atom. The fraction of sp³-hybridized carbons (Fsp3) is 0.545. The Labute approximate surface area is 85.1 Å². The second kappa shape index (κ2) is 4.07. The molecule has 76 valence electrons. The van der Waals surface area contributed by atoms with E-state index in [1.165, 1.54) is 5.56 Å². The van der Waals surface area contributed by atoms with E-state index >= 15 is 0 Å². The molecule has 0 spiro atoms. The van der Waals surface area contributed by atoms with Crippen molar-refractivity contribution in [1.82, 2.24) is 15.2 Å². The van der Waals surface area contributed by atoms with Crippen molar-refractivity contribution in [1.29, 1.82) is 0 Å². The Balaban J connectivity index is 2.17. The SMILES string of the molecule is CC1CNCC(c2cccnc2)N1C. The van der Waals surface area contributed by atoms with E-state index in [9.17, 15) is 0 Å². The van der Waals surface area contributed by atoms with Gasteiger partial charge in [-0.3, -0.25) is 9.88 Å². The first-order valence-electron chi connectivity index (χ1n) is 5.11. The average molecular weight is 191 g/mol. The number of nitrogens with zero attached hydrogens (tertiary/aromatic N) is 2. The van der Waals surface area contributed by atoms with E-state index < -0.39 is 0 Å². The zero-order valence-corrected chi connectivity index (χ0v) is 8.77. The first kappa shape index (κ1) is 9.62. The van der Waals surface area contributed by atoms with Gasteiger partial charge in [-0.2, -0.15) is 0 Å². The van der Waals surface area contributed by atoms with Crippen molar-refractivity contribution in [3.8, 4) is 0 Å². The zero-order valence-electron chi connectivity index (χ0n) is 8.77. The second-order valence-electron chi connectivity index (χ2n) is 3.97. The molecule has 2 heterocycles. The molecule has 14 heavy (non-hydrogen) atoms. The number of hydrogen-bond acceptors (Lipinski definition) is 3. The average Bonchev–Trinajstić information content (AvgIpc) is 2.23. The third kappa shape index (κ3) is 1.79. The van der Waals surface area contributed by atoms with Gasteiger partial charge in [0.2, 0.25) is 0 Å². The minimum atomic E-state index is 0.465. The monoisotopic (exact) mass is 191 g/mol. The van der Waals surface area contributed by atoms with Crippen LogP contribution in [0.4, 0.5) is 0 Å². The van der Waals surface area contributed by atoms with E-state index in [0.29, 0.717) is 12.1 Å². The van der Waals surface area contributed by atoms with Crippen molar-refractivity contribution in [2.75, 3.05) is 20.1 Å². The van der Waals surface area contributed by atoms with Crippen LogP contribution in [0.25, 0.3) is 0 Å². The maximum absolute atomic E-state index is 4.16. The number of pyridine rings is 1. The Hall–Kier alpha value is -0.930. The summed E-state index contributed by atoms with van der Waals surface area (Å²) < 4.78 is 0. The van der Waals surface area contributed by atoms with Crippen LogP contribution in [-0.4, -0.2) is 36.1 Å². The molecule has 1 aromatic rings. The lowest BCUT2D eigenvalue weighted by atomic mass is 10.0. The Morgan fingerprint density at radius 3 is 3.07 bits per heavy atom. The lowest BCUT2D eigenvalue weighted by molar-refractivity contribution is 0.141. The van der Waals surface area contributed by atoms with Gasteiger partial charge in [-0.25, -0.2) is 0 Å². The molecule has 1 N–H and O–H groups in total. The van der Waals surface area contributed by atoms with E-state index in [0.717, 1.165) is 13.1 Å². The maximum atomic E-state index is 4.16. The second-order valence-corrected chi connectivity index (χ2v) is 3.97. The molecule has 0 aromatic carbocycles. The Bertz CT molecular complexity index is 286. The molecule has 1 aliphatic rings. The quantitative estimate of drug-likeness (QED) is 0.719. The summed E-state index contributed by atoms with van der Waals surface area (Å²) >= 11 is 0. The number of nitrogens with one attached hydrogen (secondary N) is 1. The van der Waals surface area contributed by atoms with Gasteiger partial charge in [-0.15, -0.1) is 0 Å². The summed E-state index contributed by atoms with van der Waals surface area (Å²) in [5, 5.41) is 3.44. The van der Waals surface area contributed by atoms with Crippen LogP contribution in [-0.2, 0) is 0 Å². The summed E-state index contributed by atoms with van der Waals surface area (Å²) in [7, 11) is 2.18. The fourth-order valence-electron chi connectivity index (χ4n) is 1.95. The van der Waals surface area contributed by atoms with Gasteiger partial charge in [0.1, 0.15) is 0 Å². The van der Waals surface area contributed by atoms with E-state index in [1.54, 1.807) is 0 Å². The van der Waals surface area contributed by atoms with Crippen LogP contribution in [0.5, 0.6) is 0 Å². The molecule has 0 amide bonds. The highest BCUT2D eigenvalue weighted by Gasteiger charge is 2.25. The molecule has 3 nitrogen and oxygen atoms in total. The molecule has 0 bridgehead atoms. The zero-order chi connectivity index (χ0) is 9.97. The van der Waals surface area contributed by atoms with Crippen LogP contribution < -0.4 is 5.32 Å². The largest absolute Gasteiger partial charge is 0.313 e. The van der Waals surface area contributed by atoms with E-state index in [1.807, 2.05) is 18.5 Å². The molecule has 3 heteroatoms. The van der Waals surface area contributed by atoms with Crippen LogP contribution in [0, 0.1) is 0 Å². The summed E-state index contributed by atoms with van der Waals surface area (Å²) in [4.78, 5) is 6.58. The van der Waals surface area contributed by atoms with Crippen LogP contribution in [0.2, 0.25) is 0 Å². The van der Waals surface area contributed by atoms with Gasteiger partial charge < -0.3 is 5.32 Å². The maximum Gasteiger partial charge on any atom is 0.0488 e. The highest BCUT2D eigenvalue weighted by atomic mass is 15.2. The highest BCUT2D eigenvalue weighted by Crippen LogP contribution is 2.22. The standard InChI is InChI=1S/C11H17N3/c1-9-6-13-8-11(14(9)2)10-4-3-5-12-7-10/h3-5,7,9,11,13H,6,8H2,1-2H3. The molecule has 1 fully saturated rings. The van der Waals surface area contributed by atoms with Gasteiger partial charge in [0.05, 0.1) is 0 Å². The number of piperazine rings is 1. The highest BCUT2D eigenvalue weighted by molar-refractivity contribution is 5.15. The van der Waals surface area contributed by atoms with Crippen LogP contribution in [0.3, 0.4) is 0 Å². The number of rotatable bonds is 1. The first-order valence-corrected chi connectivity index (χ1v) is 5.11. The smallest absolute Gasteiger partial charge is 0.0488 e. The summed E-state index contributed by atoms with van der Waals surface area (Å²) in [5.74, 6) is 0. The molecule has 0 saturated carbocycles. The summed E-state index contributed by atoms with van der Waals surface area (Å²) in [6.07, 6.45) is 3.78. The van der Waals surface area contributed by atoms with E-state index in [2.05, 4.69) is 35.2 Å². The van der Waals surface area contributed by atoms with Gasteiger partial charge >= 0.3 is 0 Å². The van der Waals surface area contributed by atoms with Gasteiger partial charge in [-0.1, -0.05) is 6.07 Å². The van der Waals surface area contributed by atoms with E-state index in [-0.39, 0.29) is 0 Å². The third-order valence-corrected chi connectivity index (χ3v) is 3.03. The summed E-state index contributed by atoms with van der Waals surface area (Å²) in [5.41, 5.74) is 1.30. The molecular formula is C11H17N3. The van der Waals surface area contributed by atoms with Crippen molar-refractivity contribution in [3.05, 3.63) is 30.1 Å². The lowest BCUT2D eigenvalue weighted by Crippen LogP contribution is -2.49. The molecule has 1 saturated heterocycles. The van der Waals surface area contributed by atoms with Gasteiger partial charge in [0.15, 0.2) is 0 Å². The normalized spacial score (nSPS) is 29.0. The van der Waals surface area contributed by atoms with Gasteiger partial charge in [0, 0.05) is 37.6 Å². The van der Waals surface area contributed by atoms with Crippen molar-refractivity contribution >= 4 is 0 Å². The third-order valence-electron chi connectivity index (χ3n) is 3.03. The van der Waals surface area contributed by atoms with Crippen molar-refractivity contribution in [2.45, 2.75) is 19.0 Å². The predicted molar refractivity (Wildman–Crippen MR) is 57.1 cm³/mol. The molecule has 0 radical (unpaired) electrons. The van der Waals surface area contributed by atoms with Gasteiger partial charge in [0.25, 0.3) is 0 Å². The topological polar surface area (TPSA) is 28.2 Å². The van der Waals surface area contributed by atoms with E-state index in [4.69, 9.17) is 0 Å². The fourth-order valence-corrected chi connectivity index (χ4v) is 1.95. The molecule has 2 atom stereocenters. The molecule has 1 aliphatic heterocycles.